The van der Waals surface area contributed by atoms with Gasteiger partial charge in [-0.2, -0.15) is 0 Å². The van der Waals surface area contributed by atoms with Gasteiger partial charge in [0.15, 0.2) is 0 Å². The van der Waals surface area contributed by atoms with E-state index in [1.165, 1.54) is 7.11 Å². The molecule has 0 aromatic carbocycles. The number of rotatable bonds is 6. The van der Waals surface area contributed by atoms with Crippen LogP contribution in [0.2, 0.25) is 0 Å². The molecule has 0 spiro atoms. The summed E-state index contributed by atoms with van der Waals surface area (Å²) in [5, 5.41) is 3.25. The van der Waals surface area contributed by atoms with E-state index in [2.05, 4.69) is 10.1 Å². The van der Waals surface area contributed by atoms with Gasteiger partial charge in [0.25, 0.3) is 0 Å². The standard InChI is InChI=1S/C14H26N2O4/c1-11(2)16(9-12(17)20-4)13(18)14(10-19-3)5-7-15-8-6-14/h11,15H,5-10H2,1-4H3. The maximum absolute atomic E-state index is 12.9. The summed E-state index contributed by atoms with van der Waals surface area (Å²) in [6.45, 7) is 5.77. The Morgan fingerprint density at radius 1 is 1.25 bits per heavy atom. The third-order valence-corrected chi connectivity index (χ3v) is 3.85. The molecule has 0 aliphatic carbocycles. The van der Waals surface area contributed by atoms with E-state index < -0.39 is 11.4 Å². The van der Waals surface area contributed by atoms with Gasteiger partial charge in [0.2, 0.25) is 5.91 Å². The Morgan fingerprint density at radius 3 is 2.30 bits per heavy atom. The molecule has 1 fully saturated rings. The first-order chi connectivity index (χ1) is 9.46. The van der Waals surface area contributed by atoms with Crippen LogP contribution in [0.4, 0.5) is 0 Å². The van der Waals surface area contributed by atoms with Crippen LogP contribution in [0.25, 0.3) is 0 Å². The molecule has 6 nitrogen and oxygen atoms in total. The molecular formula is C14H26N2O4. The summed E-state index contributed by atoms with van der Waals surface area (Å²) in [6.07, 6.45) is 1.45. The van der Waals surface area contributed by atoms with Gasteiger partial charge in [-0.1, -0.05) is 0 Å². The molecule has 0 aromatic rings. The summed E-state index contributed by atoms with van der Waals surface area (Å²) in [5.74, 6) is -0.408. The Labute approximate surface area is 120 Å². The van der Waals surface area contributed by atoms with E-state index >= 15 is 0 Å². The van der Waals surface area contributed by atoms with E-state index in [0.29, 0.717) is 6.61 Å². The van der Waals surface area contributed by atoms with Crippen molar-refractivity contribution in [1.82, 2.24) is 10.2 Å². The molecule has 0 aromatic heterocycles. The topological polar surface area (TPSA) is 67.9 Å². The molecule has 1 amide bonds. The summed E-state index contributed by atoms with van der Waals surface area (Å²) >= 11 is 0. The van der Waals surface area contributed by atoms with E-state index in [1.807, 2.05) is 13.8 Å². The molecule has 1 heterocycles. The van der Waals surface area contributed by atoms with E-state index in [1.54, 1.807) is 12.0 Å². The third-order valence-electron chi connectivity index (χ3n) is 3.85. The Kier molecular flexibility index (Phi) is 6.42. The highest BCUT2D eigenvalue weighted by molar-refractivity contribution is 5.87. The number of nitrogens with one attached hydrogen (secondary N) is 1. The fourth-order valence-corrected chi connectivity index (χ4v) is 2.60. The van der Waals surface area contributed by atoms with Crippen molar-refractivity contribution in [1.29, 1.82) is 0 Å². The van der Waals surface area contributed by atoms with Gasteiger partial charge in [-0.3, -0.25) is 9.59 Å². The van der Waals surface area contributed by atoms with Crippen molar-refractivity contribution < 1.29 is 19.1 Å². The molecule has 0 bridgehead atoms. The minimum Gasteiger partial charge on any atom is -0.468 e. The van der Waals surface area contributed by atoms with Crippen LogP contribution in [0.5, 0.6) is 0 Å². The zero-order valence-corrected chi connectivity index (χ0v) is 12.9. The normalized spacial score (nSPS) is 17.9. The maximum atomic E-state index is 12.9. The molecule has 6 heteroatoms. The molecule has 1 rings (SSSR count). The van der Waals surface area contributed by atoms with Crippen LogP contribution in [-0.2, 0) is 19.1 Å². The number of amides is 1. The maximum Gasteiger partial charge on any atom is 0.325 e. The molecule has 0 atom stereocenters. The van der Waals surface area contributed by atoms with Crippen LogP contribution in [0.15, 0.2) is 0 Å². The molecule has 116 valence electrons. The van der Waals surface area contributed by atoms with E-state index in [-0.39, 0.29) is 18.5 Å². The highest BCUT2D eigenvalue weighted by Crippen LogP contribution is 2.32. The van der Waals surface area contributed by atoms with Gasteiger partial charge in [0, 0.05) is 13.2 Å². The highest BCUT2D eigenvalue weighted by atomic mass is 16.5. The lowest BCUT2D eigenvalue weighted by atomic mass is 9.78. The second-order valence-corrected chi connectivity index (χ2v) is 5.57. The van der Waals surface area contributed by atoms with Gasteiger partial charge in [-0.15, -0.1) is 0 Å². The quantitative estimate of drug-likeness (QED) is 0.716. The van der Waals surface area contributed by atoms with Crippen molar-refractivity contribution in [2.45, 2.75) is 32.7 Å². The molecule has 0 unspecified atom stereocenters. The lowest BCUT2D eigenvalue weighted by Gasteiger charge is -2.40. The molecule has 1 aliphatic rings. The Morgan fingerprint density at radius 2 is 1.85 bits per heavy atom. The summed E-state index contributed by atoms with van der Waals surface area (Å²) in [4.78, 5) is 26.0. The summed E-state index contributed by atoms with van der Waals surface area (Å²) in [5.41, 5.74) is -0.529. The van der Waals surface area contributed by atoms with Crippen LogP contribution in [0.1, 0.15) is 26.7 Å². The minimum atomic E-state index is -0.529. The van der Waals surface area contributed by atoms with Gasteiger partial charge in [-0.25, -0.2) is 0 Å². The average Bonchev–Trinajstić information content (AvgIpc) is 2.44. The predicted molar refractivity (Wildman–Crippen MR) is 75.3 cm³/mol. The molecular weight excluding hydrogens is 260 g/mol. The van der Waals surface area contributed by atoms with Gasteiger partial charge >= 0.3 is 5.97 Å². The molecule has 0 saturated carbocycles. The van der Waals surface area contributed by atoms with E-state index in [9.17, 15) is 9.59 Å². The molecule has 1 aliphatic heterocycles. The monoisotopic (exact) mass is 286 g/mol. The predicted octanol–water partition coefficient (Wildman–Crippen LogP) is 0.413. The Balaban J connectivity index is 2.91. The number of carbonyl (C=O) groups excluding carboxylic acids is 2. The van der Waals surface area contributed by atoms with Crippen LogP contribution in [0, 0.1) is 5.41 Å². The number of ether oxygens (including phenoxy) is 2. The molecule has 0 radical (unpaired) electrons. The van der Waals surface area contributed by atoms with Crippen molar-refractivity contribution in [3.63, 3.8) is 0 Å². The van der Waals surface area contributed by atoms with Crippen LogP contribution in [0.3, 0.4) is 0 Å². The summed E-state index contributed by atoms with van der Waals surface area (Å²) < 4.78 is 9.96. The van der Waals surface area contributed by atoms with Gasteiger partial charge in [-0.05, 0) is 39.8 Å². The number of piperidine rings is 1. The third kappa shape index (κ3) is 3.93. The van der Waals surface area contributed by atoms with Crippen molar-refractivity contribution in [2.24, 2.45) is 5.41 Å². The van der Waals surface area contributed by atoms with Crippen molar-refractivity contribution in [3.8, 4) is 0 Å². The van der Waals surface area contributed by atoms with Crippen molar-refractivity contribution in [3.05, 3.63) is 0 Å². The second-order valence-electron chi connectivity index (χ2n) is 5.57. The van der Waals surface area contributed by atoms with Crippen LogP contribution in [-0.4, -0.2) is 63.3 Å². The Bertz CT molecular complexity index is 333. The van der Waals surface area contributed by atoms with Crippen molar-refractivity contribution >= 4 is 11.9 Å². The first kappa shape index (κ1) is 16.9. The number of methoxy groups -OCH3 is 2. The highest BCUT2D eigenvalue weighted by Gasteiger charge is 2.43. The smallest absolute Gasteiger partial charge is 0.325 e. The SMILES string of the molecule is COCC1(C(=O)N(CC(=O)OC)C(C)C)CCNCC1. The summed E-state index contributed by atoms with van der Waals surface area (Å²) in [6, 6.07) is -0.0507. The zero-order valence-electron chi connectivity index (χ0n) is 12.9. The lowest BCUT2D eigenvalue weighted by molar-refractivity contribution is -0.156. The number of hydrogen-bond acceptors (Lipinski definition) is 5. The Hall–Kier alpha value is -1.14. The first-order valence-corrected chi connectivity index (χ1v) is 7.04. The number of esters is 1. The second kappa shape index (κ2) is 7.59. The molecule has 20 heavy (non-hydrogen) atoms. The zero-order chi connectivity index (χ0) is 15.2. The van der Waals surface area contributed by atoms with E-state index in [4.69, 9.17) is 4.74 Å². The van der Waals surface area contributed by atoms with E-state index in [0.717, 1.165) is 25.9 Å². The first-order valence-electron chi connectivity index (χ1n) is 7.04. The fourth-order valence-electron chi connectivity index (χ4n) is 2.60. The van der Waals surface area contributed by atoms with Crippen LogP contribution < -0.4 is 5.32 Å². The average molecular weight is 286 g/mol. The largest absolute Gasteiger partial charge is 0.468 e. The molecule has 1 saturated heterocycles. The lowest BCUT2D eigenvalue weighted by Crippen LogP contribution is -2.54. The van der Waals surface area contributed by atoms with Gasteiger partial charge in [0.05, 0.1) is 19.1 Å². The van der Waals surface area contributed by atoms with Crippen LogP contribution >= 0.6 is 0 Å². The fraction of sp³-hybridized carbons (Fsp3) is 0.857. The summed E-state index contributed by atoms with van der Waals surface area (Å²) in [7, 11) is 2.94. The number of carbonyl (C=O) groups is 2. The minimum absolute atomic E-state index is 0.00804. The van der Waals surface area contributed by atoms with Crippen molar-refractivity contribution in [2.75, 3.05) is 40.5 Å². The number of hydrogen-bond donors (Lipinski definition) is 1. The number of nitrogens with zero attached hydrogens (tertiary/aromatic N) is 1. The van der Waals surface area contributed by atoms with Gasteiger partial charge in [0.1, 0.15) is 6.54 Å². The van der Waals surface area contributed by atoms with Gasteiger partial charge < -0.3 is 19.7 Å². The molecule has 1 N–H and O–H groups in total.